The minimum atomic E-state index is -0.752. The van der Waals surface area contributed by atoms with Gasteiger partial charge in [0, 0.05) is 20.3 Å². The average molecular weight is 359 g/mol. The second kappa shape index (κ2) is 6.47. The van der Waals surface area contributed by atoms with E-state index in [4.69, 9.17) is 14.2 Å². The Morgan fingerprint density at radius 3 is 2.25 bits per heavy atom. The maximum atomic E-state index is 10.5. The van der Waals surface area contributed by atoms with Crippen LogP contribution in [0, 0.1) is 0 Å². The number of benzene rings is 1. The van der Waals surface area contributed by atoms with Crippen molar-refractivity contribution in [3.05, 3.63) is 38.5 Å². The van der Waals surface area contributed by atoms with Crippen molar-refractivity contribution < 1.29 is 19.3 Å². The Hall–Kier alpha value is -1.24. The van der Waals surface area contributed by atoms with Gasteiger partial charge in [-0.2, -0.15) is 0 Å². The molecule has 0 radical (unpaired) electrons. The van der Waals surface area contributed by atoms with Gasteiger partial charge in [-0.1, -0.05) is 15.9 Å². The van der Waals surface area contributed by atoms with Crippen molar-refractivity contribution in [3.8, 4) is 17.2 Å². The molecular formula is C14H15BrO4S. The van der Waals surface area contributed by atoms with Crippen LogP contribution >= 0.6 is 27.3 Å². The number of hydrogen-bond donors (Lipinski definition) is 1. The van der Waals surface area contributed by atoms with Gasteiger partial charge in [0.1, 0.15) is 11.9 Å². The van der Waals surface area contributed by atoms with E-state index in [1.165, 1.54) is 11.3 Å². The normalized spacial score (nSPS) is 12.1. The summed E-state index contributed by atoms with van der Waals surface area (Å²) in [5.41, 5.74) is 0.715. The van der Waals surface area contributed by atoms with Gasteiger partial charge >= 0.3 is 0 Å². The highest BCUT2D eigenvalue weighted by atomic mass is 79.9. The first-order valence-electron chi connectivity index (χ1n) is 5.82. The van der Waals surface area contributed by atoms with Crippen LogP contribution in [-0.2, 0) is 0 Å². The first kappa shape index (κ1) is 15.2. The molecule has 2 aromatic rings. The molecule has 1 aromatic carbocycles. The number of methoxy groups -OCH3 is 3. The molecule has 20 heavy (non-hydrogen) atoms. The fourth-order valence-electron chi connectivity index (χ4n) is 1.82. The summed E-state index contributed by atoms with van der Waals surface area (Å²) in [5.74, 6) is 1.92. The predicted octanol–water partition coefficient (Wildman–Crippen LogP) is 3.62. The standard InChI is InChI=1S/C14H15BrO4S/c1-17-8-4-13(20-7-8)14(16)9-5-11(18-2)12(19-3)6-10(9)15/h4-7,14,16H,1-3H3. The summed E-state index contributed by atoms with van der Waals surface area (Å²) in [7, 11) is 4.74. The third-order valence-corrected chi connectivity index (χ3v) is 4.55. The van der Waals surface area contributed by atoms with Crippen LogP contribution < -0.4 is 14.2 Å². The smallest absolute Gasteiger partial charge is 0.161 e. The molecule has 1 atom stereocenters. The molecule has 6 heteroatoms. The average Bonchev–Trinajstić information content (AvgIpc) is 2.95. The molecule has 1 unspecified atom stereocenters. The molecule has 0 aliphatic carbocycles. The molecule has 2 rings (SSSR count). The Balaban J connectivity index is 2.40. The zero-order valence-corrected chi connectivity index (χ0v) is 13.7. The third kappa shape index (κ3) is 2.92. The van der Waals surface area contributed by atoms with E-state index in [2.05, 4.69) is 15.9 Å². The van der Waals surface area contributed by atoms with Gasteiger partial charge in [-0.05, 0) is 18.2 Å². The van der Waals surface area contributed by atoms with Crippen LogP contribution in [0.2, 0.25) is 0 Å². The Bertz CT molecular complexity index is 597. The van der Waals surface area contributed by atoms with Crippen molar-refractivity contribution in [3.63, 3.8) is 0 Å². The lowest BCUT2D eigenvalue weighted by Gasteiger charge is -2.15. The van der Waals surface area contributed by atoms with Crippen LogP contribution in [0.1, 0.15) is 16.5 Å². The Kier molecular flexibility index (Phi) is 4.91. The maximum absolute atomic E-state index is 10.5. The number of hydrogen-bond acceptors (Lipinski definition) is 5. The Labute approximate surface area is 130 Å². The summed E-state index contributed by atoms with van der Waals surface area (Å²) in [6.07, 6.45) is -0.752. The fourth-order valence-corrected chi connectivity index (χ4v) is 3.21. The van der Waals surface area contributed by atoms with Crippen LogP contribution in [0.4, 0.5) is 0 Å². The van der Waals surface area contributed by atoms with E-state index in [1.807, 2.05) is 11.4 Å². The van der Waals surface area contributed by atoms with Gasteiger partial charge in [0.05, 0.1) is 21.3 Å². The summed E-state index contributed by atoms with van der Waals surface area (Å²) in [6, 6.07) is 5.36. The Morgan fingerprint density at radius 1 is 1.05 bits per heavy atom. The van der Waals surface area contributed by atoms with Gasteiger partial charge in [0.25, 0.3) is 0 Å². The van der Waals surface area contributed by atoms with E-state index in [1.54, 1.807) is 33.5 Å². The summed E-state index contributed by atoms with van der Waals surface area (Å²) >= 11 is 4.89. The summed E-state index contributed by atoms with van der Waals surface area (Å²) in [4.78, 5) is 0.801. The number of aliphatic hydroxyl groups excluding tert-OH is 1. The fraction of sp³-hybridized carbons (Fsp3) is 0.286. The summed E-state index contributed by atoms with van der Waals surface area (Å²) in [6.45, 7) is 0. The molecule has 0 saturated heterocycles. The van der Waals surface area contributed by atoms with Crippen LogP contribution in [0.5, 0.6) is 17.2 Å². The van der Waals surface area contributed by atoms with Crippen molar-refractivity contribution in [2.75, 3.05) is 21.3 Å². The van der Waals surface area contributed by atoms with Gasteiger partial charge in [-0.25, -0.2) is 0 Å². The van der Waals surface area contributed by atoms with Gasteiger partial charge in [0.15, 0.2) is 11.5 Å². The summed E-state index contributed by atoms with van der Waals surface area (Å²) in [5, 5.41) is 12.3. The highest BCUT2D eigenvalue weighted by Crippen LogP contribution is 2.39. The molecule has 0 aliphatic heterocycles. The molecule has 0 aliphatic rings. The second-order valence-electron chi connectivity index (χ2n) is 4.02. The molecule has 108 valence electrons. The van der Waals surface area contributed by atoms with Crippen LogP contribution in [0.3, 0.4) is 0 Å². The molecule has 0 saturated carbocycles. The van der Waals surface area contributed by atoms with Crippen molar-refractivity contribution in [1.29, 1.82) is 0 Å². The first-order valence-corrected chi connectivity index (χ1v) is 7.49. The van der Waals surface area contributed by atoms with Gasteiger partial charge in [0.2, 0.25) is 0 Å². The topological polar surface area (TPSA) is 47.9 Å². The molecule has 1 aromatic heterocycles. The molecule has 0 amide bonds. The first-order chi connectivity index (χ1) is 9.60. The van der Waals surface area contributed by atoms with Gasteiger partial charge < -0.3 is 19.3 Å². The highest BCUT2D eigenvalue weighted by molar-refractivity contribution is 9.10. The zero-order chi connectivity index (χ0) is 14.7. The lowest BCUT2D eigenvalue weighted by Crippen LogP contribution is -2.00. The molecule has 0 spiro atoms. The number of aliphatic hydroxyl groups is 1. The minimum Gasteiger partial charge on any atom is -0.496 e. The van der Waals surface area contributed by atoms with E-state index in [9.17, 15) is 5.11 Å². The van der Waals surface area contributed by atoms with E-state index >= 15 is 0 Å². The molecule has 4 nitrogen and oxygen atoms in total. The van der Waals surface area contributed by atoms with Crippen molar-refractivity contribution in [2.45, 2.75) is 6.10 Å². The van der Waals surface area contributed by atoms with Crippen molar-refractivity contribution >= 4 is 27.3 Å². The second-order valence-corrected chi connectivity index (χ2v) is 5.82. The minimum absolute atomic E-state index is 0.577. The van der Waals surface area contributed by atoms with Gasteiger partial charge in [-0.3, -0.25) is 0 Å². The molecule has 0 fully saturated rings. The lowest BCUT2D eigenvalue weighted by atomic mass is 10.1. The quantitative estimate of drug-likeness (QED) is 0.886. The summed E-state index contributed by atoms with van der Waals surface area (Å²) < 4.78 is 16.4. The molecule has 1 heterocycles. The lowest BCUT2D eigenvalue weighted by molar-refractivity contribution is 0.222. The SMILES string of the molecule is COc1csc(C(O)c2cc(OC)c(OC)cc2Br)c1. The van der Waals surface area contributed by atoms with E-state index in [0.717, 1.165) is 15.1 Å². The Morgan fingerprint density at radius 2 is 1.70 bits per heavy atom. The van der Waals surface area contributed by atoms with E-state index < -0.39 is 6.10 Å². The van der Waals surface area contributed by atoms with Crippen LogP contribution in [0.25, 0.3) is 0 Å². The van der Waals surface area contributed by atoms with Gasteiger partial charge in [-0.15, -0.1) is 11.3 Å². The van der Waals surface area contributed by atoms with Crippen LogP contribution in [-0.4, -0.2) is 26.4 Å². The van der Waals surface area contributed by atoms with E-state index in [0.29, 0.717) is 17.1 Å². The monoisotopic (exact) mass is 358 g/mol. The van der Waals surface area contributed by atoms with Crippen molar-refractivity contribution in [2.24, 2.45) is 0 Å². The predicted molar refractivity (Wildman–Crippen MR) is 82.2 cm³/mol. The highest BCUT2D eigenvalue weighted by Gasteiger charge is 2.19. The molecule has 0 bridgehead atoms. The number of thiophene rings is 1. The molecular weight excluding hydrogens is 344 g/mol. The molecule has 1 N–H and O–H groups in total. The zero-order valence-electron chi connectivity index (χ0n) is 11.3. The third-order valence-electron chi connectivity index (χ3n) is 2.90. The van der Waals surface area contributed by atoms with Crippen molar-refractivity contribution in [1.82, 2.24) is 0 Å². The number of ether oxygens (including phenoxy) is 3. The maximum Gasteiger partial charge on any atom is 0.161 e. The van der Waals surface area contributed by atoms with E-state index in [-0.39, 0.29) is 0 Å². The van der Waals surface area contributed by atoms with Crippen LogP contribution in [0.15, 0.2) is 28.1 Å². The largest absolute Gasteiger partial charge is 0.496 e. The number of rotatable bonds is 5. The number of halogens is 1.